The van der Waals surface area contributed by atoms with Crippen LogP contribution in [0.5, 0.6) is 5.75 Å². The fourth-order valence-corrected chi connectivity index (χ4v) is 4.12. The lowest BCUT2D eigenvalue weighted by Gasteiger charge is -2.20. The first-order chi connectivity index (χ1) is 15.3. The van der Waals surface area contributed by atoms with Gasteiger partial charge in [0.25, 0.3) is 11.8 Å². The number of benzene rings is 3. The molecule has 2 atom stereocenters. The maximum Gasteiger partial charge on any atom is 0.265 e. The van der Waals surface area contributed by atoms with Crippen LogP contribution in [0.2, 0.25) is 0 Å². The number of aryl methyl sites for hydroxylation is 2. The van der Waals surface area contributed by atoms with Gasteiger partial charge in [0.15, 0.2) is 6.10 Å². The van der Waals surface area contributed by atoms with Crippen molar-refractivity contribution in [2.75, 3.05) is 5.32 Å². The van der Waals surface area contributed by atoms with Crippen LogP contribution in [0.1, 0.15) is 46.9 Å². The summed E-state index contributed by atoms with van der Waals surface area (Å²) in [6, 6.07) is 20.4. The summed E-state index contributed by atoms with van der Waals surface area (Å²) in [5.41, 5.74) is 3.71. The van der Waals surface area contributed by atoms with Gasteiger partial charge in [0.1, 0.15) is 5.75 Å². The highest BCUT2D eigenvalue weighted by atomic mass is 79.9. The van der Waals surface area contributed by atoms with E-state index in [1.807, 2.05) is 63.2 Å². The van der Waals surface area contributed by atoms with Crippen LogP contribution in [-0.4, -0.2) is 17.9 Å². The average molecular weight is 495 g/mol. The summed E-state index contributed by atoms with van der Waals surface area (Å²) >= 11 is 3.47. The highest BCUT2D eigenvalue weighted by Crippen LogP contribution is 2.28. The topological polar surface area (TPSA) is 67.4 Å². The van der Waals surface area contributed by atoms with E-state index in [0.29, 0.717) is 17.0 Å². The fourth-order valence-electron chi connectivity index (χ4n) is 3.44. The molecule has 32 heavy (non-hydrogen) atoms. The van der Waals surface area contributed by atoms with Gasteiger partial charge in [-0.1, -0.05) is 58.4 Å². The Morgan fingerprint density at radius 1 is 0.906 bits per heavy atom. The molecule has 0 bridgehead atoms. The van der Waals surface area contributed by atoms with Crippen molar-refractivity contribution < 1.29 is 14.3 Å². The van der Waals surface area contributed by atoms with Crippen LogP contribution in [0, 0.1) is 13.8 Å². The molecule has 166 valence electrons. The summed E-state index contributed by atoms with van der Waals surface area (Å²) < 4.78 is 6.91. The smallest absolute Gasteiger partial charge is 0.265 e. The minimum absolute atomic E-state index is 0.168. The highest BCUT2D eigenvalue weighted by molar-refractivity contribution is 9.10. The Hall–Kier alpha value is -3.12. The number of hydrogen-bond donors (Lipinski definition) is 2. The summed E-state index contributed by atoms with van der Waals surface area (Å²) in [5.74, 6) is 0.0899. The normalized spacial score (nSPS) is 12.5. The zero-order valence-electron chi connectivity index (χ0n) is 18.6. The SMILES string of the molecule is Cc1cc(Br)cc(C)c1OC(C)C(=O)Nc1ccccc1C(=O)NC(C)c1ccccc1. The van der Waals surface area contributed by atoms with Gasteiger partial charge in [-0.2, -0.15) is 0 Å². The molecule has 6 heteroatoms. The molecule has 2 unspecified atom stereocenters. The maximum absolute atomic E-state index is 12.9. The van der Waals surface area contributed by atoms with Gasteiger partial charge in [-0.15, -0.1) is 0 Å². The van der Waals surface area contributed by atoms with Crippen LogP contribution >= 0.6 is 15.9 Å². The Morgan fingerprint density at radius 3 is 2.16 bits per heavy atom. The average Bonchev–Trinajstić information content (AvgIpc) is 2.76. The standard InChI is InChI=1S/C26H27BrN2O3/c1-16-14-21(27)15-17(2)24(16)32-19(4)25(30)29-23-13-9-8-12-22(23)26(31)28-18(3)20-10-6-5-7-11-20/h5-15,18-19H,1-4H3,(H,28,31)(H,29,30). The van der Waals surface area contributed by atoms with E-state index in [0.717, 1.165) is 21.2 Å². The van der Waals surface area contributed by atoms with Gasteiger partial charge in [0.05, 0.1) is 17.3 Å². The summed E-state index contributed by atoms with van der Waals surface area (Å²) in [7, 11) is 0. The lowest BCUT2D eigenvalue weighted by Crippen LogP contribution is -2.32. The van der Waals surface area contributed by atoms with E-state index in [9.17, 15) is 9.59 Å². The Balaban J connectivity index is 1.71. The van der Waals surface area contributed by atoms with Gasteiger partial charge in [0, 0.05) is 4.47 Å². The summed E-state index contributed by atoms with van der Waals surface area (Å²) in [4.78, 5) is 25.8. The van der Waals surface area contributed by atoms with Gasteiger partial charge in [-0.25, -0.2) is 0 Å². The molecule has 0 heterocycles. The molecule has 0 aliphatic carbocycles. The zero-order chi connectivity index (χ0) is 23.3. The molecule has 3 aromatic rings. The van der Waals surface area contributed by atoms with Crippen molar-refractivity contribution in [1.29, 1.82) is 0 Å². The van der Waals surface area contributed by atoms with E-state index < -0.39 is 6.10 Å². The molecule has 0 aliphatic heterocycles. The maximum atomic E-state index is 12.9. The first-order valence-corrected chi connectivity index (χ1v) is 11.2. The number of ether oxygens (including phenoxy) is 1. The van der Waals surface area contributed by atoms with Crippen molar-refractivity contribution in [2.45, 2.75) is 39.8 Å². The number of carbonyl (C=O) groups excluding carboxylic acids is 2. The predicted octanol–water partition coefficient (Wildman–Crippen LogP) is 5.96. The lowest BCUT2D eigenvalue weighted by atomic mass is 10.1. The van der Waals surface area contributed by atoms with E-state index >= 15 is 0 Å². The van der Waals surface area contributed by atoms with Crippen molar-refractivity contribution in [1.82, 2.24) is 5.32 Å². The summed E-state index contributed by atoms with van der Waals surface area (Å²) in [5, 5.41) is 5.83. The minimum atomic E-state index is -0.743. The largest absolute Gasteiger partial charge is 0.480 e. The number of anilines is 1. The Labute approximate surface area is 197 Å². The van der Waals surface area contributed by atoms with Crippen molar-refractivity contribution in [2.24, 2.45) is 0 Å². The third-order valence-electron chi connectivity index (χ3n) is 5.17. The molecule has 0 fully saturated rings. The third-order valence-corrected chi connectivity index (χ3v) is 5.62. The van der Waals surface area contributed by atoms with Crippen molar-refractivity contribution in [3.63, 3.8) is 0 Å². The van der Waals surface area contributed by atoms with Gasteiger partial charge in [0.2, 0.25) is 0 Å². The van der Waals surface area contributed by atoms with Crippen LogP contribution in [0.3, 0.4) is 0 Å². The van der Waals surface area contributed by atoms with E-state index in [-0.39, 0.29) is 17.9 Å². The monoisotopic (exact) mass is 494 g/mol. The van der Waals surface area contributed by atoms with E-state index in [1.165, 1.54) is 0 Å². The molecule has 0 spiro atoms. The Kier molecular flexibility index (Phi) is 7.70. The van der Waals surface area contributed by atoms with Crippen molar-refractivity contribution >= 4 is 33.4 Å². The number of carbonyl (C=O) groups is 2. The van der Waals surface area contributed by atoms with Gasteiger partial charge < -0.3 is 15.4 Å². The Morgan fingerprint density at radius 2 is 1.50 bits per heavy atom. The molecule has 5 nitrogen and oxygen atoms in total. The summed E-state index contributed by atoms with van der Waals surface area (Å²) in [6.45, 7) is 7.49. The molecule has 3 aromatic carbocycles. The van der Waals surface area contributed by atoms with Crippen LogP contribution in [0.15, 0.2) is 71.2 Å². The highest BCUT2D eigenvalue weighted by Gasteiger charge is 2.21. The number of para-hydroxylation sites is 1. The molecular formula is C26H27BrN2O3. The third kappa shape index (κ3) is 5.77. The van der Waals surface area contributed by atoms with E-state index in [1.54, 1.807) is 31.2 Å². The molecule has 3 rings (SSSR count). The van der Waals surface area contributed by atoms with Crippen LogP contribution in [0.25, 0.3) is 0 Å². The predicted molar refractivity (Wildman–Crippen MR) is 131 cm³/mol. The second-order valence-electron chi connectivity index (χ2n) is 7.77. The van der Waals surface area contributed by atoms with E-state index in [4.69, 9.17) is 4.74 Å². The quantitative estimate of drug-likeness (QED) is 0.425. The van der Waals surface area contributed by atoms with Gasteiger partial charge in [-0.3, -0.25) is 9.59 Å². The van der Waals surface area contributed by atoms with Crippen LogP contribution in [0.4, 0.5) is 5.69 Å². The second-order valence-corrected chi connectivity index (χ2v) is 8.69. The first-order valence-electron chi connectivity index (χ1n) is 10.5. The molecule has 0 aliphatic rings. The van der Waals surface area contributed by atoms with Crippen LogP contribution in [-0.2, 0) is 4.79 Å². The van der Waals surface area contributed by atoms with Gasteiger partial charge >= 0.3 is 0 Å². The number of hydrogen-bond acceptors (Lipinski definition) is 3. The number of rotatable bonds is 7. The molecule has 0 radical (unpaired) electrons. The minimum Gasteiger partial charge on any atom is -0.480 e. The number of halogens is 1. The zero-order valence-corrected chi connectivity index (χ0v) is 20.2. The summed E-state index contributed by atoms with van der Waals surface area (Å²) in [6.07, 6.45) is -0.743. The molecular weight excluding hydrogens is 468 g/mol. The number of amides is 2. The van der Waals surface area contributed by atoms with Crippen molar-refractivity contribution in [3.05, 3.63) is 93.5 Å². The van der Waals surface area contributed by atoms with Gasteiger partial charge in [-0.05, 0) is 68.7 Å². The number of nitrogens with one attached hydrogen (secondary N) is 2. The molecule has 0 saturated carbocycles. The molecule has 0 saturated heterocycles. The first kappa shape index (κ1) is 23.5. The lowest BCUT2D eigenvalue weighted by molar-refractivity contribution is -0.122. The molecule has 2 amide bonds. The van der Waals surface area contributed by atoms with E-state index in [2.05, 4.69) is 26.6 Å². The molecule has 2 N–H and O–H groups in total. The second kappa shape index (κ2) is 10.5. The fraction of sp³-hybridized carbons (Fsp3) is 0.231. The van der Waals surface area contributed by atoms with Crippen molar-refractivity contribution in [3.8, 4) is 5.75 Å². The molecule has 0 aromatic heterocycles. The Bertz CT molecular complexity index is 1090. The van der Waals surface area contributed by atoms with Crippen LogP contribution < -0.4 is 15.4 Å².